The lowest BCUT2D eigenvalue weighted by Gasteiger charge is -2.37. The Balaban J connectivity index is 1.80. The van der Waals surface area contributed by atoms with E-state index in [4.69, 9.17) is 5.73 Å². The van der Waals surface area contributed by atoms with E-state index in [9.17, 15) is 19.8 Å². The Morgan fingerprint density at radius 2 is 1.46 bits per heavy atom. The molecule has 0 aliphatic heterocycles. The van der Waals surface area contributed by atoms with Crippen LogP contribution in [0.15, 0.2) is 60.7 Å². The first kappa shape index (κ1) is 16.8. The monoisotopic (exact) mass is 351 g/mol. The molecule has 5 atom stereocenters. The maximum absolute atomic E-state index is 12.2. The molecule has 5 heteroatoms. The minimum atomic E-state index is -1.54. The van der Waals surface area contributed by atoms with Crippen LogP contribution in [0.3, 0.4) is 0 Å². The Kier molecular flexibility index (Phi) is 3.84. The summed E-state index contributed by atoms with van der Waals surface area (Å²) in [5.74, 6) is -3.87. The quantitative estimate of drug-likeness (QED) is 0.769. The summed E-state index contributed by atoms with van der Waals surface area (Å²) in [7, 11) is 0. The average Bonchev–Trinajstić information content (AvgIpc) is 3.29. The lowest BCUT2D eigenvalue weighted by Crippen LogP contribution is -2.56. The molecule has 2 aromatic carbocycles. The summed E-state index contributed by atoms with van der Waals surface area (Å²) in [6, 6.07) is 19.5. The van der Waals surface area contributed by atoms with Crippen molar-refractivity contribution in [2.24, 2.45) is 29.4 Å². The summed E-state index contributed by atoms with van der Waals surface area (Å²) in [5.41, 5.74) is 6.95. The molecule has 4 rings (SSSR count). The second-order valence-corrected chi connectivity index (χ2v) is 7.43. The van der Waals surface area contributed by atoms with Crippen LogP contribution < -0.4 is 5.73 Å². The number of hydrogen-bond acceptors (Lipinski definition) is 3. The van der Waals surface area contributed by atoms with E-state index in [1.54, 1.807) is 0 Å². The lowest BCUT2D eigenvalue weighted by atomic mass is 9.69. The van der Waals surface area contributed by atoms with Crippen LogP contribution >= 0.6 is 0 Å². The normalized spacial score (nSPS) is 32.2. The molecule has 5 unspecified atom stereocenters. The molecule has 134 valence electrons. The van der Waals surface area contributed by atoms with Crippen molar-refractivity contribution < 1.29 is 19.8 Å². The summed E-state index contributed by atoms with van der Waals surface area (Å²) in [6.45, 7) is 0. The van der Waals surface area contributed by atoms with Crippen molar-refractivity contribution in [2.45, 2.75) is 17.9 Å². The van der Waals surface area contributed by atoms with Gasteiger partial charge in [0, 0.05) is 11.8 Å². The van der Waals surface area contributed by atoms with E-state index in [1.807, 2.05) is 60.7 Å². The fourth-order valence-electron chi connectivity index (χ4n) is 5.08. The fraction of sp³-hybridized carbons (Fsp3) is 0.333. The highest BCUT2D eigenvalue weighted by Gasteiger charge is 2.74. The van der Waals surface area contributed by atoms with Crippen molar-refractivity contribution in [1.29, 1.82) is 0 Å². The maximum atomic E-state index is 12.2. The first-order chi connectivity index (χ1) is 12.5. The number of nitrogens with two attached hydrogens (primary N) is 1. The summed E-state index contributed by atoms with van der Waals surface area (Å²) < 4.78 is 0. The van der Waals surface area contributed by atoms with Gasteiger partial charge in [0.1, 0.15) is 5.54 Å². The molecule has 5 nitrogen and oxygen atoms in total. The minimum absolute atomic E-state index is 0.159. The van der Waals surface area contributed by atoms with Gasteiger partial charge >= 0.3 is 11.9 Å². The molecule has 0 bridgehead atoms. The molecule has 0 radical (unpaired) electrons. The Morgan fingerprint density at radius 3 is 1.88 bits per heavy atom. The fourth-order valence-corrected chi connectivity index (χ4v) is 5.08. The first-order valence-corrected chi connectivity index (χ1v) is 8.81. The van der Waals surface area contributed by atoms with Crippen LogP contribution in [0.2, 0.25) is 0 Å². The number of carbonyl (C=O) groups is 2. The third-order valence-corrected chi connectivity index (χ3v) is 6.24. The maximum Gasteiger partial charge on any atom is 0.324 e. The molecule has 2 aliphatic rings. The smallest absolute Gasteiger partial charge is 0.324 e. The molecule has 0 spiro atoms. The van der Waals surface area contributed by atoms with Gasteiger partial charge in [0.15, 0.2) is 0 Å². The number of fused-ring (bicyclic) bond motifs is 1. The summed E-state index contributed by atoms with van der Waals surface area (Å²) in [4.78, 5) is 23.6. The van der Waals surface area contributed by atoms with Crippen LogP contribution in [0.25, 0.3) is 0 Å². The lowest BCUT2D eigenvalue weighted by molar-refractivity contribution is -0.147. The van der Waals surface area contributed by atoms with E-state index in [2.05, 4.69) is 0 Å². The molecule has 0 heterocycles. The Labute approximate surface area is 151 Å². The average molecular weight is 351 g/mol. The van der Waals surface area contributed by atoms with Crippen molar-refractivity contribution in [3.8, 4) is 0 Å². The summed E-state index contributed by atoms with van der Waals surface area (Å²) in [6.07, 6.45) is 0.513. The van der Waals surface area contributed by atoms with E-state index < -0.39 is 29.3 Å². The van der Waals surface area contributed by atoms with Crippen molar-refractivity contribution in [3.05, 3.63) is 71.8 Å². The van der Waals surface area contributed by atoms with Gasteiger partial charge in [-0.3, -0.25) is 9.59 Å². The second-order valence-electron chi connectivity index (χ2n) is 7.43. The highest BCUT2D eigenvalue weighted by Crippen LogP contribution is 2.66. The van der Waals surface area contributed by atoms with E-state index in [1.165, 1.54) is 0 Å². The molecule has 26 heavy (non-hydrogen) atoms. The van der Waals surface area contributed by atoms with Gasteiger partial charge in [0.05, 0.1) is 5.92 Å². The molecule has 2 saturated carbocycles. The number of carboxylic acids is 2. The van der Waals surface area contributed by atoms with Gasteiger partial charge in [-0.1, -0.05) is 60.7 Å². The van der Waals surface area contributed by atoms with Crippen LogP contribution in [-0.4, -0.2) is 27.7 Å². The van der Waals surface area contributed by atoms with Crippen LogP contribution in [0.1, 0.15) is 23.5 Å². The van der Waals surface area contributed by atoms with Gasteiger partial charge in [-0.05, 0) is 29.4 Å². The van der Waals surface area contributed by atoms with Crippen LogP contribution in [0.4, 0.5) is 0 Å². The Morgan fingerprint density at radius 1 is 0.962 bits per heavy atom. The van der Waals surface area contributed by atoms with E-state index in [0.29, 0.717) is 6.42 Å². The topological polar surface area (TPSA) is 101 Å². The minimum Gasteiger partial charge on any atom is -0.481 e. The van der Waals surface area contributed by atoms with E-state index >= 15 is 0 Å². The standard InChI is InChI=1S/C21H21NO4/c22-21(20(25)26)15(11-14-17(18(14)21)19(23)24)16(12-7-3-1-4-8-12)13-9-5-2-6-10-13/h1-10,14-18H,11,22H2,(H,23,24)(H,25,26). The second kappa shape index (κ2) is 5.95. The Hall–Kier alpha value is -2.66. The SMILES string of the molecule is NC1(C(=O)O)C(C(c2ccccc2)c2ccccc2)CC2C(C(=O)O)C21. The van der Waals surface area contributed by atoms with Crippen LogP contribution in [-0.2, 0) is 9.59 Å². The highest BCUT2D eigenvalue weighted by atomic mass is 16.4. The number of carboxylic acid groups (broad SMARTS) is 2. The molecular weight excluding hydrogens is 330 g/mol. The number of hydrogen-bond donors (Lipinski definition) is 3. The van der Waals surface area contributed by atoms with Crippen molar-refractivity contribution in [2.75, 3.05) is 0 Å². The first-order valence-electron chi connectivity index (χ1n) is 8.81. The van der Waals surface area contributed by atoms with Gasteiger partial charge in [0.2, 0.25) is 0 Å². The van der Waals surface area contributed by atoms with Crippen LogP contribution in [0.5, 0.6) is 0 Å². The summed E-state index contributed by atoms with van der Waals surface area (Å²) in [5, 5.41) is 19.3. The van der Waals surface area contributed by atoms with Gasteiger partial charge in [-0.25, -0.2) is 0 Å². The molecule has 4 N–H and O–H groups in total. The largest absolute Gasteiger partial charge is 0.481 e. The zero-order valence-corrected chi connectivity index (χ0v) is 14.2. The highest BCUT2D eigenvalue weighted by molar-refractivity contribution is 5.86. The van der Waals surface area contributed by atoms with Crippen molar-refractivity contribution in [3.63, 3.8) is 0 Å². The zero-order chi connectivity index (χ0) is 18.5. The molecule has 0 aromatic heterocycles. The zero-order valence-electron chi connectivity index (χ0n) is 14.2. The Bertz CT molecular complexity index is 798. The molecule has 2 aromatic rings. The predicted molar refractivity (Wildman–Crippen MR) is 95.5 cm³/mol. The predicted octanol–water partition coefficient (Wildman–Crippen LogP) is 2.57. The molecule has 0 saturated heterocycles. The van der Waals surface area contributed by atoms with Gasteiger partial charge < -0.3 is 15.9 Å². The molecule has 2 fully saturated rings. The summed E-state index contributed by atoms with van der Waals surface area (Å²) >= 11 is 0. The number of aliphatic carboxylic acids is 2. The van der Waals surface area contributed by atoms with E-state index in [-0.39, 0.29) is 17.8 Å². The third kappa shape index (κ3) is 2.35. The van der Waals surface area contributed by atoms with Gasteiger partial charge in [0.25, 0.3) is 0 Å². The molecule has 2 aliphatic carbocycles. The third-order valence-electron chi connectivity index (χ3n) is 6.24. The van der Waals surface area contributed by atoms with Gasteiger partial charge in [-0.15, -0.1) is 0 Å². The van der Waals surface area contributed by atoms with Crippen molar-refractivity contribution in [1.82, 2.24) is 0 Å². The van der Waals surface area contributed by atoms with Crippen molar-refractivity contribution >= 4 is 11.9 Å². The van der Waals surface area contributed by atoms with Crippen LogP contribution in [0, 0.1) is 23.7 Å². The van der Waals surface area contributed by atoms with Gasteiger partial charge in [-0.2, -0.15) is 0 Å². The molecule has 0 amide bonds. The number of benzene rings is 2. The number of rotatable bonds is 5. The molecular formula is C21H21NO4. The van der Waals surface area contributed by atoms with E-state index in [0.717, 1.165) is 11.1 Å².